The summed E-state index contributed by atoms with van der Waals surface area (Å²) >= 11 is 6.12. The summed E-state index contributed by atoms with van der Waals surface area (Å²) in [4.78, 5) is 36.7. The average molecular weight is 431 g/mol. The second-order valence-corrected chi connectivity index (χ2v) is 7.43. The van der Waals surface area contributed by atoms with E-state index in [-0.39, 0.29) is 23.1 Å². The zero-order valence-corrected chi connectivity index (χ0v) is 17.2. The number of anilines is 1. The van der Waals surface area contributed by atoms with Gasteiger partial charge in [-0.3, -0.25) is 19.7 Å². The van der Waals surface area contributed by atoms with Gasteiger partial charge >= 0.3 is 0 Å². The van der Waals surface area contributed by atoms with Crippen LogP contribution in [0.5, 0.6) is 0 Å². The minimum absolute atomic E-state index is 0.150. The molecule has 0 bridgehead atoms. The van der Waals surface area contributed by atoms with Gasteiger partial charge in [-0.2, -0.15) is 0 Å². The maximum absolute atomic E-state index is 12.4. The van der Waals surface area contributed by atoms with E-state index in [9.17, 15) is 19.7 Å². The molecule has 2 aromatic rings. The molecule has 0 unspecified atom stereocenters. The van der Waals surface area contributed by atoms with Gasteiger partial charge in [-0.05, 0) is 36.6 Å². The predicted octanol–water partition coefficient (Wildman–Crippen LogP) is 3.60. The molecule has 158 valence electrons. The number of hydrogen-bond donors (Lipinski definition) is 2. The fourth-order valence-electron chi connectivity index (χ4n) is 3.32. The molecule has 30 heavy (non-hydrogen) atoms. The fraction of sp³-hybridized carbons (Fsp3) is 0.333. The van der Waals surface area contributed by atoms with Crippen molar-refractivity contribution >= 4 is 34.8 Å². The number of carbonyl (C=O) groups is 2. The molecule has 1 heterocycles. The van der Waals surface area contributed by atoms with Crippen molar-refractivity contribution in [1.82, 2.24) is 10.2 Å². The molecule has 2 aromatic carbocycles. The first kappa shape index (κ1) is 21.6. The molecule has 1 aliphatic rings. The number of nitrogens with zero attached hydrogens (tertiary/aromatic N) is 2. The van der Waals surface area contributed by atoms with Gasteiger partial charge < -0.3 is 15.5 Å². The SMILES string of the molecule is O=C(NCCCN1CCCC1=O)c1ccc(NCc2ccccc2Cl)c([N+](=O)[O-])c1. The number of likely N-dealkylation sites (tertiary alicyclic amines) is 1. The van der Waals surface area contributed by atoms with E-state index in [4.69, 9.17) is 11.6 Å². The minimum Gasteiger partial charge on any atom is -0.375 e. The van der Waals surface area contributed by atoms with Crippen LogP contribution in [-0.4, -0.2) is 41.3 Å². The summed E-state index contributed by atoms with van der Waals surface area (Å²) < 4.78 is 0. The van der Waals surface area contributed by atoms with Crippen LogP contribution in [0.1, 0.15) is 35.2 Å². The van der Waals surface area contributed by atoms with Gasteiger partial charge in [0.1, 0.15) is 5.69 Å². The van der Waals surface area contributed by atoms with Gasteiger partial charge in [0.2, 0.25) is 5.91 Å². The lowest BCUT2D eigenvalue weighted by Gasteiger charge is -2.15. The minimum atomic E-state index is -0.523. The predicted molar refractivity (Wildman–Crippen MR) is 115 cm³/mol. The molecular weight excluding hydrogens is 408 g/mol. The van der Waals surface area contributed by atoms with E-state index >= 15 is 0 Å². The summed E-state index contributed by atoms with van der Waals surface area (Å²) in [5.74, 6) is -0.236. The molecule has 1 saturated heterocycles. The van der Waals surface area contributed by atoms with E-state index in [1.165, 1.54) is 12.1 Å². The maximum atomic E-state index is 12.4. The number of rotatable bonds is 9. The van der Waals surface area contributed by atoms with Crippen molar-refractivity contribution in [2.45, 2.75) is 25.8 Å². The molecule has 3 rings (SSSR count). The van der Waals surface area contributed by atoms with Crippen LogP contribution in [0.2, 0.25) is 5.02 Å². The van der Waals surface area contributed by atoms with E-state index in [0.29, 0.717) is 43.2 Å². The molecule has 0 saturated carbocycles. The molecule has 0 radical (unpaired) electrons. The summed E-state index contributed by atoms with van der Waals surface area (Å²) in [6.45, 7) is 2.08. The van der Waals surface area contributed by atoms with Crippen molar-refractivity contribution in [2.75, 3.05) is 25.0 Å². The normalized spacial score (nSPS) is 13.4. The fourth-order valence-corrected chi connectivity index (χ4v) is 3.52. The first-order chi connectivity index (χ1) is 14.5. The first-order valence-corrected chi connectivity index (χ1v) is 10.1. The van der Waals surface area contributed by atoms with Crippen LogP contribution >= 0.6 is 11.6 Å². The van der Waals surface area contributed by atoms with Gasteiger partial charge in [-0.25, -0.2) is 0 Å². The Morgan fingerprint density at radius 1 is 1.23 bits per heavy atom. The number of amides is 2. The topological polar surface area (TPSA) is 105 Å². The van der Waals surface area contributed by atoms with Crippen LogP contribution in [0.25, 0.3) is 0 Å². The van der Waals surface area contributed by atoms with Crippen molar-refractivity contribution in [3.05, 3.63) is 68.7 Å². The van der Waals surface area contributed by atoms with E-state index in [0.717, 1.165) is 18.5 Å². The van der Waals surface area contributed by atoms with E-state index in [1.807, 2.05) is 18.2 Å². The van der Waals surface area contributed by atoms with Crippen molar-refractivity contribution in [3.63, 3.8) is 0 Å². The monoisotopic (exact) mass is 430 g/mol. The van der Waals surface area contributed by atoms with Crippen LogP contribution in [0.3, 0.4) is 0 Å². The van der Waals surface area contributed by atoms with Crippen LogP contribution in [0, 0.1) is 10.1 Å². The van der Waals surface area contributed by atoms with Crippen molar-refractivity contribution < 1.29 is 14.5 Å². The van der Waals surface area contributed by atoms with E-state index in [2.05, 4.69) is 10.6 Å². The lowest BCUT2D eigenvalue weighted by atomic mass is 10.1. The van der Waals surface area contributed by atoms with Gasteiger partial charge in [0.15, 0.2) is 0 Å². The summed E-state index contributed by atoms with van der Waals surface area (Å²) in [5, 5.41) is 17.8. The van der Waals surface area contributed by atoms with Crippen LogP contribution in [0.4, 0.5) is 11.4 Å². The Labute approximate surface area is 179 Å². The van der Waals surface area contributed by atoms with Crippen molar-refractivity contribution in [1.29, 1.82) is 0 Å². The van der Waals surface area contributed by atoms with Gasteiger partial charge in [-0.1, -0.05) is 29.8 Å². The van der Waals surface area contributed by atoms with Gasteiger partial charge in [0, 0.05) is 49.3 Å². The average Bonchev–Trinajstić information content (AvgIpc) is 3.15. The second kappa shape index (κ2) is 10.1. The van der Waals surface area contributed by atoms with Gasteiger partial charge in [0.25, 0.3) is 11.6 Å². The Bertz CT molecular complexity index is 950. The standard InChI is InChI=1S/C21H23ClN4O4/c22-17-6-2-1-5-16(17)14-24-18-9-8-15(13-19(18)26(29)30)21(28)23-10-4-12-25-11-3-7-20(25)27/h1-2,5-6,8-9,13,24H,3-4,7,10-12,14H2,(H,23,28). The molecule has 8 nitrogen and oxygen atoms in total. The van der Waals surface area contributed by atoms with Crippen molar-refractivity contribution in [3.8, 4) is 0 Å². The largest absolute Gasteiger partial charge is 0.375 e. The van der Waals surface area contributed by atoms with Crippen molar-refractivity contribution in [2.24, 2.45) is 0 Å². The Morgan fingerprint density at radius 3 is 2.73 bits per heavy atom. The molecule has 0 spiro atoms. The Morgan fingerprint density at radius 2 is 2.03 bits per heavy atom. The highest BCUT2D eigenvalue weighted by atomic mass is 35.5. The number of benzene rings is 2. The summed E-state index contributed by atoms with van der Waals surface area (Å²) in [5.41, 5.74) is 1.15. The molecule has 0 aliphatic carbocycles. The zero-order valence-electron chi connectivity index (χ0n) is 16.4. The summed E-state index contributed by atoms with van der Waals surface area (Å²) in [6.07, 6.45) is 2.11. The number of nitro groups is 1. The smallest absolute Gasteiger partial charge is 0.293 e. The first-order valence-electron chi connectivity index (χ1n) is 9.77. The highest BCUT2D eigenvalue weighted by Crippen LogP contribution is 2.27. The molecule has 2 amide bonds. The highest BCUT2D eigenvalue weighted by Gasteiger charge is 2.20. The number of nitrogens with one attached hydrogen (secondary N) is 2. The molecule has 0 atom stereocenters. The summed E-state index contributed by atoms with van der Waals surface area (Å²) in [7, 11) is 0. The number of carbonyl (C=O) groups excluding carboxylic acids is 2. The molecule has 1 fully saturated rings. The third kappa shape index (κ3) is 5.48. The lowest BCUT2D eigenvalue weighted by molar-refractivity contribution is -0.384. The quantitative estimate of drug-likeness (QED) is 0.359. The zero-order chi connectivity index (χ0) is 21.5. The third-order valence-electron chi connectivity index (χ3n) is 4.95. The number of halogens is 1. The summed E-state index contributed by atoms with van der Waals surface area (Å²) in [6, 6.07) is 11.6. The van der Waals surface area contributed by atoms with Crippen LogP contribution in [-0.2, 0) is 11.3 Å². The molecule has 1 aliphatic heterocycles. The highest BCUT2D eigenvalue weighted by molar-refractivity contribution is 6.31. The Balaban J connectivity index is 1.58. The van der Waals surface area contributed by atoms with E-state index in [1.54, 1.807) is 17.0 Å². The molecule has 9 heteroatoms. The second-order valence-electron chi connectivity index (χ2n) is 7.03. The third-order valence-corrected chi connectivity index (χ3v) is 5.31. The maximum Gasteiger partial charge on any atom is 0.293 e. The molecule has 0 aromatic heterocycles. The van der Waals surface area contributed by atoms with Crippen LogP contribution in [0.15, 0.2) is 42.5 Å². The molecular formula is C21H23ClN4O4. The number of nitro benzene ring substituents is 1. The van der Waals surface area contributed by atoms with Gasteiger partial charge in [-0.15, -0.1) is 0 Å². The Hall–Kier alpha value is -3.13. The van der Waals surface area contributed by atoms with Gasteiger partial charge in [0.05, 0.1) is 4.92 Å². The number of hydrogen-bond acceptors (Lipinski definition) is 5. The van der Waals surface area contributed by atoms with E-state index < -0.39 is 4.92 Å². The lowest BCUT2D eigenvalue weighted by Crippen LogP contribution is -2.30. The Kier molecular flexibility index (Phi) is 7.24. The molecule has 2 N–H and O–H groups in total. The van der Waals surface area contributed by atoms with Crippen LogP contribution < -0.4 is 10.6 Å².